The molecular formula is C10H8F5NO3. The number of halogens is 5. The molecule has 0 saturated carbocycles. The van der Waals surface area contributed by atoms with Crippen molar-refractivity contribution >= 4 is 5.97 Å². The fourth-order valence-electron chi connectivity index (χ4n) is 1.42. The zero-order valence-corrected chi connectivity index (χ0v) is 9.72. The summed E-state index contributed by atoms with van der Waals surface area (Å²) in [5.74, 6) is -2.40. The van der Waals surface area contributed by atoms with Gasteiger partial charge < -0.3 is 9.47 Å². The average Bonchev–Trinajstić information content (AvgIpc) is 2.34. The van der Waals surface area contributed by atoms with Crippen LogP contribution in [0.1, 0.15) is 28.0 Å². The Bertz CT molecular complexity index is 487. The smallest absolute Gasteiger partial charge is 0.420 e. The van der Waals surface area contributed by atoms with Crippen molar-refractivity contribution in [3.05, 3.63) is 23.0 Å². The maximum Gasteiger partial charge on any atom is 0.420 e. The van der Waals surface area contributed by atoms with Crippen molar-refractivity contribution in [3.63, 3.8) is 0 Å². The zero-order valence-electron chi connectivity index (χ0n) is 9.72. The lowest BCUT2D eigenvalue weighted by Crippen LogP contribution is -2.19. The summed E-state index contributed by atoms with van der Waals surface area (Å²) in [7, 11) is 1.67. The van der Waals surface area contributed by atoms with Gasteiger partial charge in [0.15, 0.2) is 0 Å². The number of esters is 1. The monoisotopic (exact) mass is 285 g/mol. The highest BCUT2D eigenvalue weighted by molar-refractivity contribution is 5.93. The van der Waals surface area contributed by atoms with Crippen molar-refractivity contribution in [2.24, 2.45) is 0 Å². The number of methoxy groups -OCH3 is 2. The van der Waals surface area contributed by atoms with Gasteiger partial charge in [-0.3, -0.25) is 4.98 Å². The fraction of sp³-hybridized carbons (Fsp3) is 0.400. The molecule has 0 saturated heterocycles. The SMILES string of the molecule is COC(=O)c1c(C(F)F)ncc(OC)c1C(F)(F)F. The first kappa shape index (κ1) is 15.1. The van der Waals surface area contributed by atoms with E-state index in [1.54, 1.807) is 0 Å². The van der Waals surface area contributed by atoms with E-state index in [0.29, 0.717) is 6.20 Å². The number of ether oxygens (including phenoxy) is 2. The van der Waals surface area contributed by atoms with Crippen molar-refractivity contribution in [1.29, 1.82) is 0 Å². The molecule has 1 rings (SSSR count). The molecule has 1 aromatic heterocycles. The van der Waals surface area contributed by atoms with Crippen LogP contribution in [0, 0.1) is 0 Å². The molecule has 0 N–H and O–H groups in total. The van der Waals surface area contributed by atoms with E-state index in [1.165, 1.54) is 0 Å². The molecule has 0 aliphatic carbocycles. The lowest BCUT2D eigenvalue weighted by Gasteiger charge is -2.17. The maximum atomic E-state index is 12.9. The molecule has 106 valence electrons. The predicted molar refractivity (Wildman–Crippen MR) is 52.1 cm³/mol. The van der Waals surface area contributed by atoms with Gasteiger partial charge in [0.2, 0.25) is 0 Å². The van der Waals surface area contributed by atoms with E-state index in [2.05, 4.69) is 14.5 Å². The van der Waals surface area contributed by atoms with E-state index in [1.807, 2.05) is 0 Å². The second-order valence-corrected chi connectivity index (χ2v) is 3.25. The third kappa shape index (κ3) is 2.91. The normalized spacial score (nSPS) is 11.6. The van der Waals surface area contributed by atoms with Gasteiger partial charge in [0, 0.05) is 0 Å². The highest BCUT2D eigenvalue weighted by atomic mass is 19.4. The largest absolute Gasteiger partial charge is 0.494 e. The van der Waals surface area contributed by atoms with E-state index >= 15 is 0 Å². The number of hydrogen-bond acceptors (Lipinski definition) is 4. The first-order chi connectivity index (χ1) is 8.73. The molecule has 0 spiro atoms. The van der Waals surface area contributed by atoms with Gasteiger partial charge in [0.25, 0.3) is 6.43 Å². The molecule has 19 heavy (non-hydrogen) atoms. The van der Waals surface area contributed by atoms with Crippen LogP contribution in [-0.4, -0.2) is 25.2 Å². The van der Waals surface area contributed by atoms with Gasteiger partial charge in [-0.25, -0.2) is 13.6 Å². The number of aromatic nitrogens is 1. The molecular weight excluding hydrogens is 277 g/mol. The minimum absolute atomic E-state index is 0.483. The van der Waals surface area contributed by atoms with Gasteiger partial charge in [-0.2, -0.15) is 13.2 Å². The third-order valence-electron chi connectivity index (χ3n) is 2.17. The summed E-state index contributed by atoms with van der Waals surface area (Å²) >= 11 is 0. The number of carbonyl (C=O) groups is 1. The minimum Gasteiger partial charge on any atom is -0.494 e. The molecule has 1 aromatic rings. The van der Waals surface area contributed by atoms with Crippen molar-refractivity contribution in [3.8, 4) is 5.75 Å². The number of nitrogens with zero attached hydrogens (tertiary/aromatic N) is 1. The van der Waals surface area contributed by atoms with Crippen molar-refractivity contribution in [2.45, 2.75) is 12.6 Å². The molecule has 0 aromatic carbocycles. The van der Waals surface area contributed by atoms with Crippen LogP contribution in [0.4, 0.5) is 22.0 Å². The Morgan fingerprint density at radius 1 is 1.32 bits per heavy atom. The molecule has 0 radical (unpaired) electrons. The van der Waals surface area contributed by atoms with Gasteiger partial charge >= 0.3 is 12.1 Å². The summed E-state index contributed by atoms with van der Waals surface area (Å²) in [6.07, 6.45) is -7.95. The maximum absolute atomic E-state index is 12.9. The first-order valence-electron chi connectivity index (χ1n) is 4.74. The summed E-state index contributed by atoms with van der Waals surface area (Å²) < 4.78 is 72.4. The Balaban J connectivity index is 3.71. The van der Waals surface area contributed by atoms with E-state index in [9.17, 15) is 26.7 Å². The lowest BCUT2D eigenvalue weighted by molar-refractivity contribution is -0.139. The molecule has 0 fully saturated rings. The molecule has 4 nitrogen and oxygen atoms in total. The molecule has 0 aliphatic rings. The summed E-state index contributed by atoms with van der Waals surface area (Å²) in [6.45, 7) is 0. The molecule has 9 heteroatoms. The van der Waals surface area contributed by atoms with Crippen LogP contribution < -0.4 is 4.74 Å². The summed E-state index contributed by atoms with van der Waals surface area (Å²) in [5, 5.41) is 0. The van der Waals surface area contributed by atoms with Crippen LogP contribution in [0.2, 0.25) is 0 Å². The molecule has 0 aliphatic heterocycles. The summed E-state index contributed by atoms with van der Waals surface area (Å²) in [4.78, 5) is 14.4. The van der Waals surface area contributed by atoms with Gasteiger partial charge in [-0.05, 0) is 0 Å². The zero-order chi connectivity index (χ0) is 14.8. The Labute approximate surface area is 104 Å². The topological polar surface area (TPSA) is 48.4 Å². The van der Waals surface area contributed by atoms with Crippen LogP contribution in [0.25, 0.3) is 0 Å². The van der Waals surface area contributed by atoms with Gasteiger partial charge in [-0.1, -0.05) is 0 Å². The Kier molecular flexibility index (Phi) is 4.28. The van der Waals surface area contributed by atoms with Crippen molar-refractivity contribution in [1.82, 2.24) is 4.98 Å². The predicted octanol–water partition coefficient (Wildman–Crippen LogP) is 2.83. The minimum atomic E-state index is -5.07. The van der Waals surface area contributed by atoms with Crippen LogP contribution in [0.15, 0.2) is 6.20 Å². The van der Waals surface area contributed by atoms with Gasteiger partial charge in [0.05, 0.1) is 20.4 Å². The van der Waals surface area contributed by atoms with E-state index in [0.717, 1.165) is 14.2 Å². The molecule has 0 unspecified atom stereocenters. The van der Waals surface area contributed by atoms with Crippen LogP contribution in [0.5, 0.6) is 5.75 Å². The van der Waals surface area contributed by atoms with Crippen LogP contribution >= 0.6 is 0 Å². The third-order valence-corrected chi connectivity index (χ3v) is 2.17. The number of carbonyl (C=O) groups excluding carboxylic acids is 1. The van der Waals surface area contributed by atoms with Crippen LogP contribution in [0.3, 0.4) is 0 Å². The quantitative estimate of drug-likeness (QED) is 0.633. The number of hydrogen-bond donors (Lipinski definition) is 0. The van der Waals surface area contributed by atoms with Gasteiger partial charge in [0.1, 0.15) is 22.6 Å². The molecule has 0 bridgehead atoms. The Morgan fingerprint density at radius 2 is 1.89 bits per heavy atom. The molecule has 0 amide bonds. The molecule has 0 atom stereocenters. The number of alkyl halides is 5. The summed E-state index contributed by atoms with van der Waals surface area (Å²) in [5.41, 5.74) is -4.28. The number of pyridine rings is 1. The Morgan fingerprint density at radius 3 is 2.26 bits per heavy atom. The Hall–Kier alpha value is -1.93. The van der Waals surface area contributed by atoms with Crippen LogP contribution in [-0.2, 0) is 10.9 Å². The van der Waals surface area contributed by atoms with E-state index in [4.69, 9.17) is 0 Å². The van der Waals surface area contributed by atoms with E-state index < -0.39 is 41.1 Å². The van der Waals surface area contributed by atoms with E-state index in [-0.39, 0.29) is 0 Å². The second-order valence-electron chi connectivity index (χ2n) is 3.25. The van der Waals surface area contributed by atoms with Crippen molar-refractivity contribution in [2.75, 3.05) is 14.2 Å². The first-order valence-corrected chi connectivity index (χ1v) is 4.74. The van der Waals surface area contributed by atoms with Crippen molar-refractivity contribution < 1.29 is 36.2 Å². The standard InChI is InChI=1S/C10H8F5NO3/c1-18-4-3-16-7(8(11)12)5(9(17)19-2)6(4)10(13,14)15/h3,8H,1-2H3. The highest BCUT2D eigenvalue weighted by Gasteiger charge is 2.42. The summed E-state index contributed by atoms with van der Waals surface area (Å²) in [6, 6.07) is 0. The fourth-order valence-corrected chi connectivity index (χ4v) is 1.42. The average molecular weight is 285 g/mol. The second kappa shape index (κ2) is 5.37. The number of rotatable bonds is 3. The van der Waals surface area contributed by atoms with Gasteiger partial charge in [-0.15, -0.1) is 0 Å². The highest BCUT2D eigenvalue weighted by Crippen LogP contribution is 2.41. The molecule has 1 heterocycles. The lowest BCUT2D eigenvalue weighted by atomic mass is 10.0.